The van der Waals surface area contributed by atoms with Crippen LogP contribution in [-0.4, -0.2) is 17.9 Å². The number of primary amides is 1. The van der Waals surface area contributed by atoms with Gasteiger partial charge >= 0.3 is 0 Å². The number of nitriles is 1. The second-order valence-corrected chi connectivity index (χ2v) is 4.43. The maximum absolute atomic E-state index is 11.1. The molecule has 0 saturated heterocycles. The number of hydrogen-bond donors (Lipinski definition) is 1. The normalized spacial score (nSPS) is 9.80. The van der Waals surface area contributed by atoms with Crippen molar-refractivity contribution in [3.8, 4) is 6.07 Å². The summed E-state index contributed by atoms with van der Waals surface area (Å²) in [6.07, 6.45) is 1.56. The number of carbonyl (C=O) groups is 1. The minimum atomic E-state index is -0.543. The monoisotopic (exact) mass is 266 g/mol. The predicted molar refractivity (Wildman–Crippen MR) is 76.0 cm³/mol. The summed E-state index contributed by atoms with van der Waals surface area (Å²) in [5.74, 6) is -0.543. The van der Waals surface area contributed by atoms with Crippen molar-refractivity contribution < 1.29 is 4.79 Å². The SMILES string of the molecule is CN(Cc1ccc(C#N)cc1)c1ccnc(C(N)=O)c1. The molecule has 2 rings (SSSR count). The Morgan fingerprint density at radius 2 is 2.05 bits per heavy atom. The number of pyridine rings is 1. The zero-order chi connectivity index (χ0) is 14.5. The van der Waals surface area contributed by atoms with Crippen molar-refractivity contribution in [1.29, 1.82) is 5.26 Å². The van der Waals surface area contributed by atoms with E-state index in [1.54, 1.807) is 24.4 Å². The van der Waals surface area contributed by atoms with E-state index in [0.717, 1.165) is 11.3 Å². The maximum Gasteiger partial charge on any atom is 0.267 e. The number of hydrogen-bond acceptors (Lipinski definition) is 4. The van der Waals surface area contributed by atoms with Gasteiger partial charge in [-0.2, -0.15) is 5.26 Å². The molecule has 0 aliphatic heterocycles. The Kier molecular flexibility index (Phi) is 3.96. The van der Waals surface area contributed by atoms with E-state index in [4.69, 9.17) is 11.0 Å². The van der Waals surface area contributed by atoms with Gasteiger partial charge in [-0.15, -0.1) is 0 Å². The van der Waals surface area contributed by atoms with E-state index in [1.165, 1.54) is 0 Å². The van der Waals surface area contributed by atoms with E-state index in [-0.39, 0.29) is 5.69 Å². The summed E-state index contributed by atoms with van der Waals surface area (Å²) in [5.41, 5.74) is 8.03. The van der Waals surface area contributed by atoms with Crippen LogP contribution < -0.4 is 10.6 Å². The summed E-state index contributed by atoms with van der Waals surface area (Å²) in [6, 6.07) is 12.9. The molecule has 0 bridgehead atoms. The molecule has 5 nitrogen and oxygen atoms in total. The second-order valence-electron chi connectivity index (χ2n) is 4.43. The summed E-state index contributed by atoms with van der Waals surface area (Å²) < 4.78 is 0. The van der Waals surface area contributed by atoms with E-state index in [2.05, 4.69) is 11.1 Å². The molecule has 100 valence electrons. The average molecular weight is 266 g/mol. The summed E-state index contributed by atoms with van der Waals surface area (Å²) in [5, 5.41) is 8.76. The van der Waals surface area contributed by atoms with Gasteiger partial charge in [-0.25, -0.2) is 0 Å². The number of amides is 1. The number of rotatable bonds is 4. The Labute approximate surface area is 117 Å². The highest BCUT2D eigenvalue weighted by atomic mass is 16.1. The largest absolute Gasteiger partial charge is 0.370 e. The Morgan fingerprint density at radius 3 is 2.65 bits per heavy atom. The van der Waals surface area contributed by atoms with E-state index < -0.39 is 5.91 Å². The molecule has 1 aromatic carbocycles. The molecule has 1 aromatic heterocycles. The highest BCUT2D eigenvalue weighted by molar-refractivity contribution is 5.91. The lowest BCUT2D eigenvalue weighted by Gasteiger charge is -2.19. The van der Waals surface area contributed by atoms with Gasteiger partial charge in [0.1, 0.15) is 5.69 Å². The third-order valence-electron chi connectivity index (χ3n) is 2.94. The molecule has 1 amide bonds. The van der Waals surface area contributed by atoms with Crippen LogP contribution in [0, 0.1) is 11.3 Å². The molecule has 5 heteroatoms. The van der Waals surface area contributed by atoms with Crippen molar-refractivity contribution in [1.82, 2.24) is 4.98 Å². The molecular formula is C15H14N4O. The molecule has 0 spiro atoms. The Bertz CT molecular complexity index is 658. The minimum absolute atomic E-state index is 0.245. The van der Waals surface area contributed by atoms with Gasteiger partial charge in [-0.3, -0.25) is 9.78 Å². The first-order valence-corrected chi connectivity index (χ1v) is 6.06. The van der Waals surface area contributed by atoms with Crippen LogP contribution in [0.5, 0.6) is 0 Å². The third kappa shape index (κ3) is 3.12. The number of nitrogens with two attached hydrogens (primary N) is 1. The van der Waals surface area contributed by atoms with Crippen molar-refractivity contribution in [2.75, 3.05) is 11.9 Å². The zero-order valence-electron chi connectivity index (χ0n) is 11.1. The molecule has 20 heavy (non-hydrogen) atoms. The quantitative estimate of drug-likeness (QED) is 0.912. The molecule has 0 radical (unpaired) electrons. The number of anilines is 1. The van der Waals surface area contributed by atoms with Crippen LogP contribution in [0.1, 0.15) is 21.6 Å². The highest BCUT2D eigenvalue weighted by Crippen LogP contribution is 2.16. The van der Waals surface area contributed by atoms with Crippen molar-refractivity contribution >= 4 is 11.6 Å². The smallest absolute Gasteiger partial charge is 0.267 e. The van der Waals surface area contributed by atoms with Gasteiger partial charge in [0.15, 0.2) is 0 Å². The van der Waals surface area contributed by atoms with Crippen LogP contribution in [0.4, 0.5) is 5.69 Å². The first kappa shape index (κ1) is 13.6. The molecule has 0 unspecified atom stereocenters. The fraction of sp³-hybridized carbons (Fsp3) is 0.133. The Balaban J connectivity index is 2.15. The molecule has 0 fully saturated rings. The van der Waals surface area contributed by atoms with Crippen molar-refractivity contribution in [2.24, 2.45) is 5.73 Å². The van der Waals surface area contributed by atoms with Crippen molar-refractivity contribution in [2.45, 2.75) is 6.54 Å². The van der Waals surface area contributed by atoms with Gasteiger partial charge in [0, 0.05) is 25.5 Å². The lowest BCUT2D eigenvalue weighted by atomic mass is 10.1. The van der Waals surface area contributed by atoms with E-state index in [9.17, 15) is 4.79 Å². The third-order valence-corrected chi connectivity index (χ3v) is 2.94. The lowest BCUT2D eigenvalue weighted by molar-refractivity contribution is 0.0995. The molecule has 1 heterocycles. The van der Waals surface area contributed by atoms with Crippen molar-refractivity contribution in [3.05, 3.63) is 59.4 Å². The maximum atomic E-state index is 11.1. The van der Waals surface area contributed by atoms with Crippen molar-refractivity contribution in [3.63, 3.8) is 0 Å². The van der Waals surface area contributed by atoms with E-state index >= 15 is 0 Å². The zero-order valence-corrected chi connectivity index (χ0v) is 11.1. The standard InChI is InChI=1S/C15H14N4O/c1-19(10-12-4-2-11(9-16)3-5-12)13-6-7-18-14(8-13)15(17)20/h2-8H,10H2,1H3,(H2,17,20). The topological polar surface area (TPSA) is 83.0 Å². The first-order chi connectivity index (χ1) is 9.60. The minimum Gasteiger partial charge on any atom is -0.370 e. The molecule has 0 aliphatic rings. The van der Waals surface area contributed by atoms with Crippen LogP contribution in [0.15, 0.2) is 42.6 Å². The van der Waals surface area contributed by atoms with Crippen LogP contribution in [0.3, 0.4) is 0 Å². The van der Waals surface area contributed by atoms with Gasteiger partial charge in [-0.1, -0.05) is 12.1 Å². The average Bonchev–Trinajstić information content (AvgIpc) is 2.48. The lowest BCUT2D eigenvalue weighted by Crippen LogP contribution is -2.18. The molecule has 2 aromatic rings. The number of aromatic nitrogens is 1. The molecular weight excluding hydrogens is 252 g/mol. The summed E-state index contributed by atoms with van der Waals surface area (Å²) in [7, 11) is 1.91. The fourth-order valence-corrected chi connectivity index (χ4v) is 1.84. The number of carbonyl (C=O) groups excluding carboxylic acids is 1. The van der Waals surface area contributed by atoms with Gasteiger partial charge in [0.05, 0.1) is 11.6 Å². The molecule has 0 saturated carbocycles. The Morgan fingerprint density at radius 1 is 1.35 bits per heavy atom. The second kappa shape index (κ2) is 5.85. The highest BCUT2D eigenvalue weighted by Gasteiger charge is 2.07. The summed E-state index contributed by atoms with van der Waals surface area (Å²) >= 11 is 0. The van der Waals surface area contributed by atoms with Crippen LogP contribution in [0.25, 0.3) is 0 Å². The van der Waals surface area contributed by atoms with Gasteiger partial charge in [-0.05, 0) is 29.8 Å². The summed E-state index contributed by atoms with van der Waals surface area (Å²) in [6.45, 7) is 0.661. The Hall–Kier alpha value is -2.87. The number of benzene rings is 1. The molecule has 2 N–H and O–H groups in total. The first-order valence-electron chi connectivity index (χ1n) is 6.06. The molecule has 0 aliphatic carbocycles. The summed E-state index contributed by atoms with van der Waals surface area (Å²) in [4.78, 5) is 17.0. The van der Waals surface area contributed by atoms with E-state index in [1.807, 2.05) is 30.1 Å². The molecule has 0 atom stereocenters. The van der Waals surface area contributed by atoms with Crippen LogP contribution in [-0.2, 0) is 6.54 Å². The van der Waals surface area contributed by atoms with E-state index in [0.29, 0.717) is 12.1 Å². The predicted octanol–water partition coefficient (Wildman–Crippen LogP) is 1.69. The van der Waals surface area contributed by atoms with Gasteiger partial charge in [0.25, 0.3) is 5.91 Å². The van der Waals surface area contributed by atoms with Gasteiger partial charge < -0.3 is 10.6 Å². The van der Waals surface area contributed by atoms with Crippen LogP contribution >= 0.6 is 0 Å². The number of nitrogens with zero attached hydrogens (tertiary/aromatic N) is 3. The van der Waals surface area contributed by atoms with Gasteiger partial charge in [0.2, 0.25) is 0 Å². The van der Waals surface area contributed by atoms with Crippen LogP contribution in [0.2, 0.25) is 0 Å². The fourth-order valence-electron chi connectivity index (χ4n) is 1.84.